The predicted octanol–water partition coefficient (Wildman–Crippen LogP) is 4.19. The standard InChI is InChI=1S/C17H16F4N2O/c1-23(11-12-5-7-15(18)8-6-12)16(24)22-10-13-3-2-4-14(9-13)17(19,20)21/h2-9H,10-11H2,1H3,(H,22,24). The summed E-state index contributed by atoms with van der Waals surface area (Å²) in [4.78, 5) is 13.3. The van der Waals surface area contributed by atoms with Crippen molar-refractivity contribution in [2.45, 2.75) is 19.3 Å². The fourth-order valence-corrected chi connectivity index (χ4v) is 2.11. The van der Waals surface area contributed by atoms with E-state index >= 15 is 0 Å². The van der Waals surface area contributed by atoms with Crippen LogP contribution < -0.4 is 5.32 Å². The molecule has 24 heavy (non-hydrogen) atoms. The maximum Gasteiger partial charge on any atom is 0.416 e. The van der Waals surface area contributed by atoms with Gasteiger partial charge >= 0.3 is 12.2 Å². The number of nitrogens with zero attached hydrogens (tertiary/aromatic N) is 1. The van der Waals surface area contributed by atoms with Crippen LogP contribution in [0.3, 0.4) is 0 Å². The quantitative estimate of drug-likeness (QED) is 0.832. The Morgan fingerprint density at radius 3 is 2.38 bits per heavy atom. The van der Waals surface area contributed by atoms with E-state index in [1.165, 1.54) is 29.2 Å². The first kappa shape index (κ1) is 17.8. The Kier molecular flexibility index (Phi) is 5.43. The summed E-state index contributed by atoms with van der Waals surface area (Å²) in [7, 11) is 1.55. The maximum atomic E-state index is 12.8. The molecule has 1 N–H and O–H groups in total. The zero-order valence-electron chi connectivity index (χ0n) is 12.9. The molecule has 7 heteroatoms. The molecule has 0 saturated carbocycles. The molecule has 2 amide bonds. The van der Waals surface area contributed by atoms with E-state index in [2.05, 4.69) is 5.32 Å². The van der Waals surface area contributed by atoms with E-state index in [1.807, 2.05) is 0 Å². The number of hydrogen-bond donors (Lipinski definition) is 1. The van der Waals surface area contributed by atoms with Crippen LogP contribution in [0.15, 0.2) is 48.5 Å². The highest BCUT2D eigenvalue weighted by atomic mass is 19.4. The van der Waals surface area contributed by atoms with Crippen LogP contribution in [0.25, 0.3) is 0 Å². The first-order valence-corrected chi connectivity index (χ1v) is 7.15. The van der Waals surface area contributed by atoms with E-state index in [0.29, 0.717) is 5.56 Å². The molecule has 0 radical (unpaired) electrons. The largest absolute Gasteiger partial charge is 0.416 e. The molecule has 2 rings (SSSR count). The second kappa shape index (κ2) is 7.33. The number of benzene rings is 2. The Morgan fingerprint density at radius 2 is 1.75 bits per heavy atom. The minimum Gasteiger partial charge on any atom is -0.334 e. The normalized spacial score (nSPS) is 11.2. The lowest BCUT2D eigenvalue weighted by molar-refractivity contribution is -0.137. The molecule has 128 valence electrons. The third-order valence-electron chi connectivity index (χ3n) is 3.38. The number of nitrogens with one attached hydrogen (secondary N) is 1. The van der Waals surface area contributed by atoms with Gasteiger partial charge in [0.2, 0.25) is 0 Å². The van der Waals surface area contributed by atoms with Gasteiger partial charge in [-0.15, -0.1) is 0 Å². The highest BCUT2D eigenvalue weighted by Crippen LogP contribution is 2.29. The number of rotatable bonds is 4. The van der Waals surface area contributed by atoms with E-state index in [0.717, 1.165) is 17.7 Å². The molecule has 0 heterocycles. The Balaban J connectivity index is 1.91. The molecule has 0 aliphatic rings. The van der Waals surface area contributed by atoms with Crippen molar-refractivity contribution in [3.63, 3.8) is 0 Å². The Hall–Kier alpha value is -2.57. The fraction of sp³-hybridized carbons (Fsp3) is 0.235. The summed E-state index contributed by atoms with van der Waals surface area (Å²) in [5.41, 5.74) is 0.343. The van der Waals surface area contributed by atoms with Crippen LogP contribution in [0.2, 0.25) is 0 Å². The van der Waals surface area contributed by atoms with Gasteiger partial charge in [0.05, 0.1) is 5.56 Å². The minimum absolute atomic E-state index is 0.0174. The van der Waals surface area contributed by atoms with Gasteiger partial charge in [-0.2, -0.15) is 13.2 Å². The van der Waals surface area contributed by atoms with Gasteiger partial charge in [0, 0.05) is 20.1 Å². The summed E-state index contributed by atoms with van der Waals surface area (Å²) < 4.78 is 50.8. The molecule has 0 aliphatic heterocycles. The third-order valence-corrected chi connectivity index (χ3v) is 3.38. The summed E-state index contributed by atoms with van der Waals surface area (Å²) in [6.45, 7) is 0.241. The van der Waals surface area contributed by atoms with Crippen molar-refractivity contribution in [2.75, 3.05) is 7.05 Å². The number of carbonyl (C=O) groups is 1. The lowest BCUT2D eigenvalue weighted by Crippen LogP contribution is -2.36. The predicted molar refractivity (Wildman–Crippen MR) is 81.5 cm³/mol. The second-order valence-electron chi connectivity index (χ2n) is 5.34. The number of alkyl halides is 3. The van der Waals surface area contributed by atoms with Gasteiger partial charge < -0.3 is 10.2 Å². The van der Waals surface area contributed by atoms with Crippen molar-refractivity contribution < 1.29 is 22.4 Å². The summed E-state index contributed by atoms with van der Waals surface area (Å²) in [5, 5.41) is 2.55. The number of halogens is 4. The van der Waals surface area contributed by atoms with Gasteiger partial charge in [-0.1, -0.05) is 24.3 Å². The highest BCUT2D eigenvalue weighted by molar-refractivity contribution is 5.73. The van der Waals surface area contributed by atoms with Gasteiger partial charge in [0.1, 0.15) is 5.82 Å². The zero-order chi connectivity index (χ0) is 17.7. The van der Waals surface area contributed by atoms with Crippen LogP contribution in [0, 0.1) is 5.82 Å². The molecule has 2 aromatic rings. The number of amides is 2. The molecule has 2 aromatic carbocycles. The van der Waals surface area contributed by atoms with Crippen molar-refractivity contribution >= 4 is 6.03 Å². The molecular formula is C17H16F4N2O. The van der Waals surface area contributed by atoms with Gasteiger partial charge in [-0.3, -0.25) is 0 Å². The number of hydrogen-bond acceptors (Lipinski definition) is 1. The molecule has 0 unspecified atom stereocenters. The molecular weight excluding hydrogens is 324 g/mol. The van der Waals surface area contributed by atoms with E-state index in [4.69, 9.17) is 0 Å². The second-order valence-corrected chi connectivity index (χ2v) is 5.34. The highest BCUT2D eigenvalue weighted by Gasteiger charge is 2.30. The van der Waals surface area contributed by atoms with Crippen LogP contribution in [0.5, 0.6) is 0 Å². The Bertz CT molecular complexity index is 698. The van der Waals surface area contributed by atoms with Crippen LogP contribution in [-0.4, -0.2) is 18.0 Å². The van der Waals surface area contributed by atoms with Crippen LogP contribution in [-0.2, 0) is 19.3 Å². The zero-order valence-corrected chi connectivity index (χ0v) is 12.9. The van der Waals surface area contributed by atoms with Crippen LogP contribution in [0.1, 0.15) is 16.7 Å². The van der Waals surface area contributed by atoms with Crippen molar-refractivity contribution in [1.29, 1.82) is 0 Å². The molecule has 0 atom stereocenters. The third kappa shape index (κ3) is 4.97. The SMILES string of the molecule is CN(Cc1ccc(F)cc1)C(=O)NCc1cccc(C(F)(F)F)c1. The van der Waals surface area contributed by atoms with Gasteiger partial charge in [0.15, 0.2) is 0 Å². The van der Waals surface area contributed by atoms with Crippen molar-refractivity contribution in [1.82, 2.24) is 10.2 Å². The fourth-order valence-electron chi connectivity index (χ4n) is 2.11. The van der Waals surface area contributed by atoms with Gasteiger partial charge in [0.25, 0.3) is 0 Å². The maximum absolute atomic E-state index is 12.8. The van der Waals surface area contributed by atoms with E-state index in [9.17, 15) is 22.4 Å². The monoisotopic (exact) mass is 340 g/mol. The summed E-state index contributed by atoms with van der Waals surface area (Å²) in [6.07, 6.45) is -4.42. The molecule has 0 aliphatic carbocycles. The van der Waals surface area contributed by atoms with Crippen molar-refractivity contribution in [3.8, 4) is 0 Å². The van der Waals surface area contributed by atoms with Crippen molar-refractivity contribution in [2.24, 2.45) is 0 Å². The van der Waals surface area contributed by atoms with E-state index in [1.54, 1.807) is 19.2 Å². The van der Waals surface area contributed by atoms with Crippen LogP contribution in [0.4, 0.5) is 22.4 Å². The van der Waals surface area contributed by atoms with Crippen LogP contribution >= 0.6 is 0 Å². The van der Waals surface area contributed by atoms with Gasteiger partial charge in [-0.25, -0.2) is 9.18 Å². The van der Waals surface area contributed by atoms with Gasteiger partial charge in [-0.05, 0) is 35.4 Å². The number of urea groups is 1. The summed E-state index contributed by atoms with van der Waals surface area (Å²) >= 11 is 0. The first-order valence-electron chi connectivity index (χ1n) is 7.15. The average molecular weight is 340 g/mol. The molecule has 3 nitrogen and oxygen atoms in total. The Morgan fingerprint density at radius 1 is 1.08 bits per heavy atom. The first-order chi connectivity index (χ1) is 11.3. The average Bonchev–Trinajstić information content (AvgIpc) is 2.54. The summed E-state index contributed by atoms with van der Waals surface area (Å²) in [6, 6.07) is 10.1. The lowest BCUT2D eigenvalue weighted by atomic mass is 10.1. The Labute approximate surface area is 136 Å². The van der Waals surface area contributed by atoms with E-state index in [-0.39, 0.29) is 18.9 Å². The van der Waals surface area contributed by atoms with Crippen molar-refractivity contribution in [3.05, 3.63) is 71.0 Å². The smallest absolute Gasteiger partial charge is 0.334 e. The molecule has 0 bridgehead atoms. The number of carbonyl (C=O) groups excluding carboxylic acids is 1. The summed E-state index contributed by atoms with van der Waals surface area (Å²) in [5.74, 6) is -0.365. The van der Waals surface area contributed by atoms with E-state index < -0.39 is 17.8 Å². The minimum atomic E-state index is -4.42. The topological polar surface area (TPSA) is 32.3 Å². The molecule has 0 fully saturated rings. The molecule has 0 saturated heterocycles. The lowest BCUT2D eigenvalue weighted by Gasteiger charge is -2.18. The molecule has 0 aromatic heterocycles. The molecule has 0 spiro atoms.